The third-order valence-electron chi connectivity index (χ3n) is 3.68. The first kappa shape index (κ1) is 18.2. The SMILES string of the molecule is COc1ccc(CNC(=O)c2ccnc(Nc3ccc(F)c(F)c3)n2)cc1. The maximum atomic E-state index is 13.3. The summed E-state index contributed by atoms with van der Waals surface area (Å²) < 4.78 is 31.3. The van der Waals surface area contributed by atoms with Crippen molar-refractivity contribution in [1.82, 2.24) is 15.3 Å². The molecular formula is C19H16F2N4O2. The van der Waals surface area contributed by atoms with Crippen LogP contribution in [0.25, 0.3) is 0 Å². The third-order valence-corrected chi connectivity index (χ3v) is 3.68. The summed E-state index contributed by atoms with van der Waals surface area (Å²) in [6, 6.07) is 12.1. The topological polar surface area (TPSA) is 76.1 Å². The highest BCUT2D eigenvalue weighted by atomic mass is 19.2. The number of carbonyl (C=O) groups is 1. The van der Waals surface area contributed by atoms with Crippen molar-refractivity contribution in [2.45, 2.75) is 6.54 Å². The molecule has 0 bridgehead atoms. The molecule has 0 radical (unpaired) electrons. The summed E-state index contributed by atoms with van der Waals surface area (Å²) in [5.41, 5.74) is 1.31. The molecule has 0 aliphatic rings. The molecule has 0 atom stereocenters. The van der Waals surface area contributed by atoms with Crippen LogP contribution in [0.3, 0.4) is 0 Å². The molecule has 0 aliphatic carbocycles. The number of aromatic nitrogens is 2. The number of amides is 1. The van der Waals surface area contributed by atoms with Crippen molar-refractivity contribution in [2.24, 2.45) is 0 Å². The normalized spacial score (nSPS) is 10.3. The maximum absolute atomic E-state index is 13.3. The average molecular weight is 370 g/mol. The second kappa shape index (κ2) is 8.22. The molecule has 6 nitrogen and oxygen atoms in total. The maximum Gasteiger partial charge on any atom is 0.270 e. The van der Waals surface area contributed by atoms with Gasteiger partial charge in [0.15, 0.2) is 11.6 Å². The zero-order valence-electron chi connectivity index (χ0n) is 14.4. The van der Waals surface area contributed by atoms with Crippen LogP contribution < -0.4 is 15.4 Å². The highest BCUT2D eigenvalue weighted by Crippen LogP contribution is 2.16. The number of nitrogens with zero attached hydrogens (tertiary/aromatic N) is 2. The van der Waals surface area contributed by atoms with E-state index in [1.807, 2.05) is 12.1 Å². The molecule has 0 aliphatic heterocycles. The van der Waals surface area contributed by atoms with E-state index < -0.39 is 11.6 Å². The van der Waals surface area contributed by atoms with Crippen LogP contribution >= 0.6 is 0 Å². The van der Waals surface area contributed by atoms with Crippen molar-refractivity contribution in [2.75, 3.05) is 12.4 Å². The van der Waals surface area contributed by atoms with Gasteiger partial charge in [-0.05, 0) is 35.9 Å². The van der Waals surface area contributed by atoms with Crippen LogP contribution in [0.5, 0.6) is 5.75 Å². The van der Waals surface area contributed by atoms with Crippen LogP contribution in [-0.2, 0) is 6.54 Å². The van der Waals surface area contributed by atoms with Gasteiger partial charge in [0.25, 0.3) is 5.91 Å². The van der Waals surface area contributed by atoms with Gasteiger partial charge in [0.1, 0.15) is 11.4 Å². The van der Waals surface area contributed by atoms with E-state index in [-0.39, 0.29) is 23.2 Å². The van der Waals surface area contributed by atoms with E-state index in [1.54, 1.807) is 19.2 Å². The van der Waals surface area contributed by atoms with Crippen molar-refractivity contribution in [1.29, 1.82) is 0 Å². The first-order valence-corrected chi connectivity index (χ1v) is 8.01. The van der Waals surface area contributed by atoms with Crippen molar-refractivity contribution >= 4 is 17.5 Å². The van der Waals surface area contributed by atoms with Gasteiger partial charge in [-0.15, -0.1) is 0 Å². The van der Waals surface area contributed by atoms with Crippen LogP contribution in [0.15, 0.2) is 54.7 Å². The Morgan fingerprint density at radius 1 is 1.07 bits per heavy atom. The average Bonchev–Trinajstić information content (AvgIpc) is 2.69. The van der Waals surface area contributed by atoms with Crippen LogP contribution in [0.2, 0.25) is 0 Å². The summed E-state index contributed by atoms with van der Waals surface area (Å²) in [7, 11) is 1.58. The van der Waals surface area contributed by atoms with E-state index in [4.69, 9.17) is 4.74 Å². The Hall–Kier alpha value is -3.55. The number of rotatable bonds is 6. The van der Waals surface area contributed by atoms with Crippen molar-refractivity contribution in [3.63, 3.8) is 0 Å². The van der Waals surface area contributed by atoms with E-state index >= 15 is 0 Å². The molecule has 0 saturated heterocycles. The number of nitrogens with one attached hydrogen (secondary N) is 2. The van der Waals surface area contributed by atoms with Crippen LogP contribution in [0.4, 0.5) is 20.4 Å². The summed E-state index contributed by atoms with van der Waals surface area (Å²) in [4.78, 5) is 20.3. The first-order chi connectivity index (χ1) is 13.0. The molecule has 8 heteroatoms. The fourth-order valence-corrected chi connectivity index (χ4v) is 2.26. The molecule has 2 N–H and O–H groups in total. The molecule has 1 heterocycles. The monoisotopic (exact) mass is 370 g/mol. The molecule has 138 valence electrons. The van der Waals surface area contributed by atoms with Crippen LogP contribution in [0.1, 0.15) is 16.1 Å². The summed E-state index contributed by atoms with van der Waals surface area (Å²) in [5, 5.41) is 5.48. The minimum atomic E-state index is -0.992. The predicted molar refractivity (Wildman–Crippen MR) is 95.8 cm³/mol. The molecular weight excluding hydrogens is 354 g/mol. The van der Waals surface area contributed by atoms with Gasteiger partial charge in [0.2, 0.25) is 5.95 Å². The molecule has 0 unspecified atom stereocenters. The Balaban J connectivity index is 1.64. The van der Waals surface area contributed by atoms with Gasteiger partial charge >= 0.3 is 0 Å². The second-order valence-corrected chi connectivity index (χ2v) is 5.55. The minimum absolute atomic E-state index is 0.0955. The van der Waals surface area contributed by atoms with Gasteiger partial charge in [-0.2, -0.15) is 0 Å². The molecule has 2 aromatic carbocycles. The van der Waals surface area contributed by atoms with Gasteiger partial charge in [-0.3, -0.25) is 4.79 Å². The van der Waals surface area contributed by atoms with Crippen molar-refractivity contribution in [3.05, 3.63) is 77.6 Å². The number of carbonyl (C=O) groups excluding carboxylic acids is 1. The number of hydrogen-bond acceptors (Lipinski definition) is 5. The standard InChI is InChI=1S/C19H16F2N4O2/c1-27-14-5-2-12(3-6-14)11-23-18(26)17-8-9-22-19(25-17)24-13-4-7-15(20)16(21)10-13/h2-10H,11H2,1H3,(H,23,26)(H,22,24,25). The fraction of sp³-hybridized carbons (Fsp3) is 0.105. The van der Waals surface area contributed by atoms with Gasteiger partial charge in [-0.25, -0.2) is 18.7 Å². The smallest absolute Gasteiger partial charge is 0.270 e. The highest BCUT2D eigenvalue weighted by molar-refractivity contribution is 5.92. The molecule has 0 spiro atoms. The van der Waals surface area contributed by atoms with E-state index in [9.17, 15) is 13.6 Å². The van der Waals surface area contributed by atoms with Gasteiger partial charge in [0, 0.05) is 24.5 Å². The Morgan fingerprint density at radius 2 is 1.85 bits per heavy atom. The first-order valence-electron chi connectivity index (χ1n) is 8.01. The summed E-state index contributed by atoms with van der Waals surface area (Å²) in [6.07, 6.45) is 1.40. The number of halogens is 2. The summed E-state index contributed by atoms with van der Waals surface area (Å²) in [6.45, 7) is 0.318. The number of anilines is 2. The van der Waals surface area contributed by atoms with E-state index in [2.05, 4.69) is 20.6 Å². The number of hydrogen-bond donors (Lipinski definition) is 2. The summed E-state index contributed by atoms with van der Waals surface area (Å²) >= 11 is 0. The lowest BCUT2D eigenvalue weighted by Crippen LogP contribution is -2.24. The largest absolute Gasteiger partial charge is 0.497 e. The van der Waals surface area contributed by atoms with Crippen molar-refractivity contribution < 1.29 is 18.3 Å². The molecule has 3 rings (SSSR count). The van der Waals surface area contributed by atoms with Gasteiger partial charge in [-0.1, -0.05) is 12.1 Å². The lowest BCUT2D eigenvalue weighted by molar-refractivity contribution is 0.0946. The van der Waals surface area contributed by atoms with E-state index in [0.29, 0.717) is 6.54 Å². The molecule has 1 amide bonds. The zero-order chi connectivity index (χ0) is 19.2. The molecule has 0 fully saturated rings. The van der Waals surface area contributed by atoms with Crippen LogP contribution in [-0.4, -0.2) is 23.0 Å². The fourth-order valence-electron chi connectivity index (χ4n) is 2.26. The zero-order valence-corrected chi connectivity index (χ0v) is 14.4. The number of methoxy groups -OCH3 is 1. The van der Waals surface area contributed by atoms with Gasteiger partial charge in [0.05, 0.1) is 7.11 Å². The molecule has 0 saturated carbocycles. The van der Waals surface area contributed by atoms with Gasteiger partial charge < -0.3 is 15.4 Å². The Labute approximate surface area is 154 Å². The highest BCUT2D eigenvalue weighted by Gasteiger charge is 2.10. The Bertz CT molecular complexity index is 949. The molecule has 3 aromatic rings. The minimum Gasteiger partial charge on any atom is -0.497 e. The third kappa shape index (κ3) is 4.75. The lowest BCUT2D eigenvalue weighted by Gasteiger charge is -2.08. The number of benzene rings is 2. The number of ether oxygens (including phenoxy) is 1. The Morgan fingerprint density at radius 3 is 2.56 bits per heavy atom. The summed E-state index contributed by atoms with van der Waals surface area (Å²) in [5.74, 6) is -1.50. The van der Waals surface area contributed by atoms with Crippen LogP contribution in [0, 0.1) is 11.6 Å². The van der Waals surface area contributed by atoms with E-state index in [0.717, 1.165) is 23.4 Å². The second-order valence-electron chi connectivity index (χ2n) is 5.55. The lowest BCUT2D eigenvalue weighted by atomic mass is 10.2. The quantitative estimate of drug-likeness (QED) is 0.695. The van der Waals surface area contributed by atoms with E-state index in [1.165, 1.54) is 18.3 Å². The Kier molecular flexibility index (Phi) is 5.55. The predicted octanol–water partition coefficient (Wildman–Crippen LogP) is 3.44. The molecule has 27 heavy (non-hydrogen) atoms. The molecule has 1 aromatic heterocycles. The van der Waals surface area contributed by atoms with Crippen molar-refractivity contribution in [3.8, 4) is 5.75 Å².